The number of alkyl halides is 1. The van der Waals surface area contributed by atoms with Crippen LogP contribution < -0.4 is 4.74 Å². The standard InChI is InChI=1S/C27H31F2N3O3S/c1-35-19-6-8-25-21(16-19)20(9-12-30-25)23(28)7-5-18-10-14-32(17-22(18)27(33)34)13-3-15-36-26-24(29)4-2-11-31-26/h2,4,6,8-9,11-12,16,18,22-23H,3,5,7,10,13-15,17H2,1H3,(H,33,34)/t18-,22+,23+/m1/s1. The van der Waals surface area contributed by atoms with E-state index in [1.54, 1.807) is 43.8 Å². The highest BCUT2D eigenvalue weighted by molar-refractivity contribution is 7.99. The lowest BCUT2D eigenvalue weighted by atomic mass is 9.81. The van der Waals surface area contributed by atoms with Crippen molar-refractivity contribution in [2.24, 2.45) is 11.8 Å². The second-order valence-corrected chi connectivity index (χ2v) is 10.2. The van der Waals surface area contributed by atoms with Crippen molar-refractivity contribution in [1.29, 1.82) is 0 Å². The maximum Gasteiger partial charge on any atom is 0.308 e. The summed E-state index contributed by atoms with van der Waals surface area (Å²) in [4.78, 5) is 22.5. The Kier molecular flexibility index (Phi) is 9.09. The molecule has 1 fully saturated rings. The second kappa shape index (κ2) is 12.5. The predicted octanol–water partition coefficient (Wildman–Crippen LogP) is 5.77. The van der Waals surface area contributed by atoms with Crippen LogP contribution in [-0.2, 0) is 4.79 Å². The maximum absolute atomic E-state index is 15.4. The third kappa shape index (κ3) is 6.50. The first-order valence-corrected chi connectivity index (χ1v) is 13.2. The van der Waals surface area contributed by atoms with Gasteiger partial charge in [-0.1, -0.05) is 0 Å². The molecule has 3 aromatic rings. The quantitative estimate of drug-likeness (QED) is 0.257. The first-order chi connectivity index (χ1) is 17.5. The summed E-state index contributed by atoms with van der Waals surface area (Å²) < 4.78 is 34.4. The number of aliphatic carboxylic acids is 1. The molecule has 0 spiro atoms. The van der Waals surface area contributed by atoms with Crippen molar-refractivity contribution < 1.29 is 23.4 Å². The van der Waals surface area contributed by atoms with Crippen LogP contribution in [0, 0.1) is 17.7 Å². The number of benzene rings is 1. The van der Waals surface area contributed by atoms with Gasteiger partial charge in [0.1, 0.15) is 16.9 Å². The molecule has 3 atom stereocenters. The summed E-state index contributed by atoms with van der Waals surface area (Å²) in [6, 6.07) is 10.1. The first kappa shape index (κ1) is 26.3. The lowest BCUT2D eigenvalue weighted by Gasteiger charge is -2.36. The van der Waals surface area contributed by atoms with Crippen LogP contribution in [0.15, 0.2) is 53.8 Å². The number of carbonyl (C=O) groups is 1. The van der Waals surface area contributed by atoms with Gasteiger partial charge in [-0.15, -0.1) is 11.8 Å². The lowest BCUT2D eigenvalue weighted by Crippen LogP contribution is -2.44. The van der Waals surface area contributed by atoms with Gasteiger partial charge in [-0.25, -0.2) is 13.8 Å². The number of piperidine rings is 1. The summed E-state index contributed by atoms with van der Waals surface area (Å²) in [6.45, 7) is 1.98. The van der Waals surface area contributed by atoms with E-state index in [0.717, 1.165) is 31.3 Å². The number of pyridine rings is 2. The molecular weight excluding hydrogens is 484 g/mol. The van der Waals surface area contributed by atoms with Gasteiger partial charge in [0.15, 0.2) is 5.82 Å². The Morgan fingerprint density at radius 1 is 1.28 bits per heavy atom. The second-order valence-electron chi connectivity index (χ2n) is 9.11. The van der Waals surface area contributed by atoms with Gasteiger partial charge in [-0.3, -0.25) is 9.78 Å². The molecule has 3 heterocycles. The van der Waals surface area contributed by atoms with E-state index in [-0.39, 0.29) is 18.2 Å². The number of methoxy groups -OCH3 is 1. The van der Waals surface area contributed by atoms with Crippen LogP contribution in [0.3, 0.4) is 0 Å². The molecule has 9 heteroatoms. The molecule has 192 valence electrons. The van der Waals surface area contributed by atoms with Crippen molar-refractivity contribution in [2.45, 2.75) is 36.9 Å². The van der Waals surface area contributed by atoms with Gasteiger partial charge < -0.3 is 14.7 Å². The molecule has 1 aliphatic heterocycles. The zero-order valence-corrected chi connectivity index (χ0v) is 21.1. The van der Waals surface area contributed by atoms with Gasteiger partial charge >= 0.3 is 5.97 Å². The van der Waals surface area contributed by atoms with Crippen molar-refractivity contribution in [3.63, 3.8) is 0 Å². The summed E-state index contributed by atoms with van der Waals surface area (Å²) in [5.74, 6) is -0.396. The van der Waals surface area contributed by atoms with E-state index in [9.17, 15) is 14.3 Å². The van der Waals surface area contributed by atoms with Crippen LogP contribution in [0.2, 0.25) is 0 Å². The Balaban J connectivity index is 1.30. The smallest absolute Gasteiger partial charge is 0.308 e. The third-order valence-electron chi connectivity index (χ3n) is 6.85. The van der Waals surface area contributed by atoms with Crippen LogP contribution in [0.25, 0.3) is 10.9 Å². The monoisotopic (exact) mass is 515 g/mol. The van der Waals surface area contributed by atoms with Gasteiger partial charge in [0.05, 0.1) is 18.5 Å². The number of thioether (sulfide) groups is 1. The fourth-order valence-corrected chi connectivity index (χ4v) is 5.70. The molecule has 1 saturated heterocycles. The van der Waals surface area contributed by atoms with Gasteiger partial charge in [0.25, 0.3) is 0 Å². The van der Waals surface area contributed by atoms with Crippen molar-refractivity contribution in [2.75, 3.05) is 32.5 Å². The Labute approximate surface area is 214 Å². The Hall–Kier alpha value is -2.78. The fourth-order valence-electron chi connectivity index (χ4n) is 4.89. The fraction of sp³-hybridized carbons (Fsp3) is 0.444. The Morgan fingerprint density at radius 3 is 2.92 bits per heavy atom. The number of hydrogen-bond donors (Lipinski definition) is 1. The van der Waals surface area contributed by atoms with E-state index in [0.29, 0.717) is 40.6 Å². The largest absolute Gasteiger partial charge is 0.497 e. The number of halogens is 2. The highest BCUT2D eigenvalue weighted by atomic mass is 32.2. The molecule has 0 amide bonds. The molecular formula is C27H31F2N3O3S. The molecule has 4 rings (SSSR count). The molecule has 0 radical (unpaired) electrons. The SMILES string of the molecule is COc1ccc2nccc([C@@H](F)CC[C@@H]3CCN(CCCSc4ncccc4F)C[C@@H]3C(=O)O)c2c1. The third-order valence-corrected chi connectivity index (χ3v) is 7.92. The highest BCUT2D eigenvalue weighted by Crippen LogP contribution is 2.35. The number of aromatic nitrogens is 2. The van der Waals surface area contributed by atoms with Gasteiger partial charge in [0.2, 0.25) is 0 Å². The van der Waals surface area contributed by atoms with Crippen molar-refractivity contribution in [3.8, 4) is 5.75 Å². The van der Waals surface area contributed by atoms with E-state index < -0.39 is 18.1 Å². The number of nitrogens with zero attached hydrogens (tertiary/aromatic N) is 3. The van der Waals surface area contributed by atoms with Crippen molar-refractivity contribution in [1.82, 2.24) is 14.9 Å². The van der Waals surface area contributed by atoms with Crippen LogP contribution in [-0.4, -0.2) is 58.4 Å². The van der Waals surface area contributed by atoms with Gasteiger partial charge in [-0.2, -0.15) is 0 Å². The van der Waals surface area contributed by atoms with E-state index in [1.165, 1.54) is 17.8 Å². The average Bonchev–Trinajstić information content (AvgIpc) is 2.90. The summed E-state index contributed by atoms with van der Waals surface area (Å²) in [5.41, 5.74) is 1.27. The minimum Gasteiger partial charge on any atom is -0.497 e. The topological polar surface area (TPSA) is 75.5 Å². The average molecular weight is 516 g/mol. The lowest BCUT2D eigenvalue weighted by molar-refractivity contribution is -0.146. The molecule has 6 nitrogen and oxygen atoms in total. The molecule has 0 aliphatic carbocycles. The van der Waals surface area contributed by atoms with Crippen LogP contribution in [0.5, 0.6) is 5.75 Å². The summed E-state index contributed by atoms with van der Waals surface area (Å²) in [6.07, 6.45) is 4.27. The molecule has 0 saturated carbocycles. The minimum atomic E-state index is -1.21. The van der Waals surface area contributed by atoms with Crippen molar-refractivity contribution >= 4 is 28.6 Å². The molecule has 2 aromatic heterocycles. The van der Waals surface area contributed by atoms with E-state index in [4.69, 9.17) is 4.74 Å². The maximum atomic E-state index is 15.4. The molecule has 1 aromatic carbocycles. The number of carboxylic acid groups (broad SMARTS) is 1. The van der Waals surface area contributed by atoms with Crippen LogP contribution >= 0.6 is 11.8 Å². The molecule has 36 heavy (non-hydrogen) atoms. The van der Waals surface area contributed by atoms with Crippen LogP contribution in [0.4, 0.5) is 8.78 Å². The zero-order chi connectivity index (χ0) is 25.5. The number of carboxylic acids is 1. The molecule has 0 bridgehead atoms. The van der Waals surface area contributed by atoms with E-state index in [2.05, 4.69) is 14.9 Å². The first-order valence-electron chi connectivity index (χ1n) is 12.2. The Bertz CT molecular complexity index is 1180. The zero-order valence-electron chi connectivity index (χ0n) is 20.3. The van der Waals surface area contributed by atoms with Crippen LogP contribution in [0.1, 0.15) is 37.4 Å². The van der Waals surface area contributed by atoms with Crippen molar-refractivity contribution in [3.05, 3.63) is 60.2 Å². The Morgan fingerprint density at radius 2 is 2.14 bits per heavy atom. The number of likely N-dealkylation sites (tertiary alicyclic amines) is 1. The van der Waals surface area contributed by atoms with Gasteiger partial charge in [0, 0.05) is 30.1 Å². The molecule has 1 aliphatic rings. The van der Waals surface area contributed by atoms with E-state index >= 15 is 4.39 Å². The normalized spacial score (nSPS) is 19.3. The van der Waals surface area contributed by atoms with Gasteiger partial charge in [-0.05, 0) is 86.7 Å². The minimum absolute atomic E-state index is 0.0726. The molecule has 0 unspecified atom stereocenters. The summed E-state index contributed by atoms with van der Waals surface area (Å²) in [5, 5.41) is 11.0. The highest BCUT2D eigenvalue weighted by Gasteiger charge is 2.34. The number of fused-ring (bicyclic) bond motifs is 1. The summed E-state index contributed by atoms with van der Waals surface area (Å²) >= 11 is 1.37. The van der Waals surface area contributed by atoms with E-state index in [1.807, 2.05) is 6.07 Å². The molecule has 1 N–H and O–H groups in total. The summed E-state index contributed by atoms with van der Waals surface area (Å²) in [7, 11) is 1.57. The predicted molar refractivity (Wildman–Crippen MR) is 137 cm³/mol. The number of ether oxygens (including phenoxy) is 1. The number of hydrogen-bond acceptors (Lipinski definition) is 6. The number of rotatable bonds is 11.